The maximum Gasteiger partial charge on any atom is 0.303 e. The maximum atomic E-state index is 14.3. The monoisotopic (exact) mass is 1480 g/mol. The molecule has 1 aliphatic rings. The van der Waals surface area contributed by atoms with Gasteiger partial charge in [-0.1, -0.05) is 13.8 Å². The molecule has 1 saturated heterocycles. The van der Waals surface area contributed by atoms with Crippen molar-refractivity contribution in [2.45, 2.75) is 236 Å². The van der Waals surface area contributed by atoms with Crippen LogP contribution in [0.3, 0.4) is 0 Å². The van der Waals surface area contributed by atoms with E-state index in [0.717, 1.165) is 0 Å². The highest BCUT2D eigenvalue weighted by Gasteiger charge is 2.39. The first-order valence-electron chi connectivity index (χ1n) is 33.9. The van der Waals surface area contributed by atoms with Crippen LogP contribution in [-0.2, 0) is 105 Å². The average Bonchev–Trinajstić information content (AvgIpc) is 1.61. The van der Waals surface area contributed by atoms with Crippen molar-refractivity contribution in [3.63, 3.8) is 0 Å². The molecule has 38 nitrogen and oxygen atoms in total. The van der Waals surface area contributed by atoms with Gasteiger partial charge in [-0.15, -0.1) is 0 Å². The van der Waals surface area contributed by atoms with Crippen LogP contribution in [0.1, 0.15) is 194 Å². The lowest BCUT2D eigenvalue weighted by atomic mass is 9.88. The average molecular weight is 1480 g/mol. The van der Waals surface area contributed by atoms with E-state index in [0.29, 0.717) is 19.3 Å². The molecule has 0 bridgehead atoms. The van der Waals surface area contributed by atoms with Crippen molar-refractivity contribution >= 4 is 124 Å². The summed E-state index contributed by atoms with van der Waals surface area (Å²) < 4.78 is 5.51. The molecule has 6 amide bonds. The first-order chi connectivity index (χ1) is 48.6. The fraction of sp³-hybridized carbons (Fsp3) is 0.682. The molecule has 1 rings (SSSR count). The SMILES string of the molecule is CC(=O)[C@H](CC(C)C)NC(=O)[C@@H]1CCCN1C(=O)COCCCC(=O)[C@@H](CCC(=O)O)NC(=O)[C@@H](CCC(=O)O)CC(=O)[C@@H](CCC(=O)O)NC(=O)[C@@H](CCC(=O)O)CC(=O)[C@@H](CCC(=O)O)NC(=O)[C@@H](CCC(=O)O)CC(=O)[C@@H](CCC(=O)O)NC(=O)[C@@H](CCC(=O)O)CC(=O)[C@H](N)CCC(=O)O. The summed E-state index contributed by atoms with van der Waals surface area (Å²) in [4.78, 5) is 271. The van der Waals surface area contributed by atoms with Gasteiger partial charge < -0.3 is 87.9 Å². The van der Waals surface area contributed by atoms with Crippen molar-refractivity contribution in [1.29, 1.82) is 0 Å². The van der Waals surface area contributed by atoms with Crippen molar-refractivity contribution in [3.05, 3.63) is 0 Å². The molecule has 38 heteroatoms. The number of carbonyl (C=O) groups is 21. The Labute approximate surface area is 596 Å². The van der Waals surface area contributed by atoms with E-state index in [-0.39, 0.29) is 37.7 Å². The molecule has 11 atom stereocenters. The number of aliphatic carboxylic acids is 9. The van der Waals surface area contributed by atoms with Crippen molar-refractivity contribution in [2.75, 3.05) is 19.8 Å². The quantitative estimate of drug-likeness (QED) is 0.0351. The molecule has 0 unspecified atom stereocenters. The standard InChI is InChI=1S/C66H97N7O31/c1-34(2)28-45(35(3)74)72-66(103)46-6-4-26-73(46)52(80)33-104-27-5-7-47(75)41(13-22-58(91)92)68-63(100)37(9-18-54(83)84)30-49(77)43(15-24-60(95)96)70-65(102)39(11-20-56(87)88)32-51(79)44(16-25-61(97)98)71-64(101)38(10-19-55(85)86)31-50(78)42(14-23-59(93)94)69-62(99)36(8-17-53(81)82)29-48(76)40(67)12-21-57(89)90/h34,36-46H,4-33,67H2,1-3H3,(H,68,100)(H,69,99)(H,70,102)(H,71,101)(H,72,103)(H,81,82)(H,83,84)(H,85,86)(H,87,88)(H,89,90)(H,91,92)(H,93,94)(H,95,96)(H,97,98)/t36-,37-,38-,39-,40+,41+,42+,43+,44+,45-,46-/m0/s1. The van der Waals surface area contributed by atoms with Crippen LogP contribution in [0.4, 0.5) is 0 Å². The van der Waals surface area contributed by atoms with Gasteiger partial charge in [0, 0.05) is 127 Å². The van der Waals surface area contributed by atoms with Crippen LogP contribution < -0.4 is 32.3 Å². The number of ether oxygens (including phenoxy) is 1. The summed E-state index contributed by atoms with van der Waals surface area (Å²) in [5, 5.41) is 97.3. The Morgan fingerprint density at radius 2 is 0.692 bits per heavy atom. The summed E-state index contributed by atoms with van der Waals surface area (Å²) in [6.07, 6.45) is -16.6. The molecule has 16 N–H and O–H groups in total. The molecule has 0 aliphatic carbocycles. The number of hydrogen-bond donors (Lipinski definition) is 15. The second-order valence-corrected chi connectivity index (χ2v) is 25.9. The summed E-state index contributed by atoms with van der Waals surface area (Å²) >= 11 is 0. The minimum absolute atomic E-state index is 0.0771. The third kappa shape index (κ3) is 38.3. The minimum atomic E-state index is -1.98. The van der Waals surface area contributed by atoms with Gasteiger partial charge in [0.15, 0.2) is 28.9 Å². The van der Waals surface area contributed by atoms with E-state index in [1.54, 1.807) is 0 Å². The van der Waals surface area contributed by atoms with Gasteiger partial charge in [-0.2, -0.15) is 0 Å². The molecule has 1 heterocycles. The molecular formula is C66H97N7O31. The van der Waals surface area contributed by atoms with Gasteiger partial charge in [-0.05, 0) is 96.3 Å². The molecule has 0 aromatic rings. The molecule has 1 fully saturated rings. The zero-order chi connectivity index (χ0) is 79.1. The highest BCUT2D eigenvalue weighted by Crippen LogP contribution is 2.24. The summed E-state index contributed by atoms with van der Waals surface area (Å²) in [5.74, 6) is -32.0. The van der Waals surface area contributed by atoms with E-state index in [2.05, 4.69) is 26.6 Å². The third-order valence-electron chi connectivity index (χ3n) is 16.9. The molecular weight excluding hydrogens is 1390 g/mol. The third-order valence-corrected chi connectivity index (χ3v) is 16.9. The highest BCUT2D eigenvalue weighted by atomic mass is 16.5. The van der Waals surface area contributed by atoms with E-state index in [1.165, 1.54) is 11.8 Å². The maximum absolute atomic E-state index is 14.3. The number of nitrogens with zero attached hydrogens (tertiary/aromatic N) is 1. The second kappa shape index (κ2) is 48.0. The summed E-state index contributed by atoms with van der Waals surface area (Å²) in [7, 11) is 0. The number of Topliss-reactive ketones (excluding diaryl/α,β-unsaturated/α-hetero) is 6. The largest absolute Gasteiger partial charge is 0.481 e. The first-order valence-corrected chi connectivity index (χ1v) is 33.9. The van der Waals surface area contributed by atoms with Crippen LogP contribution >= 0.6 is 0 Å². The topological polar surface area (TPSA) is 639 Å². The highest BCUT2D eigenvalue weighted by molar-refractivity contribution is 5.99. The Kier molecular flexibility index (Phi) is 42.5. The smallest absolute Gasteiger partial charge is 0.303 e. The lowest BCUT2D eigenvalue weighted by molar-refractivity contribution is -0.142. The normalized spacial score (nSPS) is 15.5. The molecule has 0 aromatic heterocycles. The van der Waals surface area contributed by atoms with E-state index >= 15 is 0 Å². The predicted octanol–water partition coefficient (Wildman–Crippen LogP) is -0.186. The van der Waals surface area contributed by atoms with Crippen LogP contribution in [0.25, 0.3) is 0 Å². The van der Waals surface area contributed by atoms with Gasteiger partial charge in [0.1, 0.15) is 18.4 Å². The summed E-state index contributed by atoms with van der Waals surface area (Å²) in [5.41, 5.74) is 5.80. The number of carbonyl (C=O) groups excluding carboxylic acids is 12. The fourth-order valence-electron chi connectivity index (χ4n) is 11.1. The predicted molar refractivity (Wildman–Crippen MR) is 352 cm³/mol. The Morgan fingerprint density at radius 1 is 0.394 bits per heavy atom. The van der Waals surface area contributed by atoms with Crippen LogP contribution in [0.2, 0.25) is 0 Å². The van der Waals surface area contributed by atoms with Gasteiger partial charge in [-0.25, -0.2) is 0 Å². The zero-order valence-corrected chi connectivity index (χ0v) is 58.2. The fourth-order valence-corrected chi connectivity index (χ4v) is 11.1. The Bertz CT molecular complexity index is 3110. The zero-order valence-electron chi connectivity index (χ0n) is 58.2. The number of nitrogens with two attached hydrogens (primary N) is 1. The van der Waals surface area contributed by atoms with Crippen molar-refractivity contribution < 1.29 is 151 Å². The van der Waals surface area contributed by atoms with Crippen molar-refractivity contribution in [3.8, 4) is 0 Å². The van der Waals surface area contributed by atoms with Crippen LogP contribution in [0, 0.1) is 29.6 Å². The van der Waals surface area contributed by atoms with Crippen LogP contribution in [0.15, 0.2) is 0 Å². The van der Waals surface area contributed by atoms with E-state index in [1.807, 2.05) is 13.8 Å². The number of hydrogen-bond acceptors (Lipinski definition) is 23. The molecule has 582 valence electrons. The van der Waals surface area contributed by atoms with Gasteiger partial charge in [0.25, 0.3) is 0 Å². The van der Waals surface area contributed by atoms with Gasteiger partial charge in [0.05, 0.1) is 36.3 Å². The van der Waals surface area contributed by atoms with E-state index < -0.39 is 332 Å². The van der Waals surface area contributed by atoms with Crippen molar-refractivity contribution in [2.24, 2.45) is 35.3 Å². The minimum Gasteiger partial charge on any atom is -0.481 e. The van der Waals surface area contributed by atoms with E-state index in [4.69, 9.17) is 15.6 Å². The number of likely N-dealkylation sites (tertiary alicyclic amines) is 1. The molecule has 104 heavy (non-hydrogen) atoms. The molecule has 0 radical (unpaired) electrons. The Hall–Kier alpha value is -10.0. The van der Waals surface area contributed by atoms with Crippen LogP contribution in [-0.4, -0.2) is 237 Å². The van der Waals surface area contributed by atoms with Gasteiger partial charge in [-0.3, -0.25) is 101 Å². The molecule has 1 aliphatic heterocycles. The van der Waals surface area contributed by atoms with Gasteiger partial charge in [0.2, 0.25) is 35.4 Å². The van der Waals surface area contributed by atoms with E-state index in [9.17, 15) is 142 Å². The number of nitrogens with one attached hydrogen (secondary N) is 5. The van der Waals surface area contributed by atoms with Crippen molar-refractivity contribution in [1.82, 2.24) is 31.5 Å². The molecule has 0 spiro atoms. The lowest BCUT2D eigenvalue weighted by Crippen LogP contribution is -2.51. The number of rotatable bonds is 59. The summed E-state index contributed by atoms with van der Waals surface area (Å²) in [6, 6.07) is -10.5. The summed E-state index contributed by atoms with van der Waals surface area (Å²) in [6.45, 7) is 4.54. The number of carboxylic acids is 9. The Morgan fingerprint density at radius 3 is 1.00 bits per heavy atom. The van der Waals surface area contributed by atoms with Gasteiger partial charge >= 0.3 is 53.7 Å². The second-order valence-electron chi connectivity index (χ2n) is 25.9. The number of carboxylic acid groups (broad SMARTS) is 9. The lowest BCUT2D eigenvalue weighted by Gasteiger charge is -2.26. The molecule has 0 aromatic carbocycles. The Balaban J connectivity index is 3.59. The van der Waals surface area contributed by atoms with Crippen LogP contribution in [0.5, 0.6) is 0 Å². The number of ketones is 6. The molecule has 0 saturated carbocycles. The first kappa shape index (κ1) is 92.0. The number of amides is 6.